The Morgan fingerprint density at radius 3 is 2.56 bits per heavy atom. The number of benzene rings is 1. The molecule has 48 valence electrons. The maximum absolute atomic E-state index is 10.6. The molecule has 0 heterocycles. The predicted octanol–water partition coefficient (Wildman–Crippen LogP) is 2.02. The van der Waals surface area contributed by atoms with Crippen LogP contribution in [0.3, 0.4) is 0 Å². The third-order valence-electron chi connectivity index (χ3n) is 0.891. The van der Waals surface area contributed by atoms with Gasteiger partial charge >= 0.3 is 0 Å². The lowest BCUT2D eigenvalue weighted by atomic mass is 10.3. The fraction of sp³-hybridized carbons (Fsp3) is 0. The zero-order valence-electron chi connectivity index (χ0n) is 4.40. The SMILES string of the molecule is [O-]c1ccc(Cl)c(I)c1. The standard InChI is InChI=1S/C6H4ClIO/c7-5-2-1-4(9)3-6(5)8/h1-3,9H/p-1. The fourth-order valence-electron chi connectivity index (χ4n) is 0.477. The Labute approximate surface area is 71.8 Å². The van der Waals surface area contributed by atoms with Gasteiger partial charge in [0, 0.05) is 3.57 Å². The summed E-state index contributed by atoms with van der Waals surface area (Å²) in [6, 6.07) is 4.55. The van der Waals surface area contributed by atoms with E-state index in [4.69, 9.17) is 11.6 Å². The molecule has 0 unspecified atom stereocenters. The van der Waals surface area contributed by atoms with Crippen LogP contribution in [-0.2, 0) is 0 Å². The number of hydrogen-bond donors (Lipinski definition) is 0. The van der Waals surface area contributed by atoms with Crippen molar-refractivity contribution in [3.05, 3.63) is 26.8 Å². The van der Waals surface area contributed by atoms with Gasteiger partial charge in [-0.15, -0.1) is 5.75 Å². The summed E-state index contributed by atoms with van der Waals surface area (Å²) in [6.45, 7) is 0. The highest BCUT2D eigenvalue weighted by Crippen LogP contribution is 2.20. The summed E-state index contributed by atoms with van der Waals surface area (Å²) in [6.07, 6.45) is 0. The van der Waals surface area contributed by atoms with Gasteiger partial charge in [0.1, 0.15) is 0 Å². The summed E-state index contributed by atoms with van der Waals surface area (Å²) in [5.41, 5.74) is 0. The maximum Gasteiger partial charge on any atom is 0.0539 e. The highest BCUT2D eigenvalue weighted by Gasteiger charge is 1.90. The van der Waals surface area contributed by atoms with E-state index in [1.165, 1.54) is 12.1 Å². The topological polar surface area (TPSA) is 23.1 Å². The molecule has 0 amide bonds. The zero-order valence-corrected chi connectivity index (χ0v) is 7.31. The smallest absolute Gasteiger partial charge is 0.0539 e. The Morgan fingerprint density at radius 1 is 1.44 bits per heavy atom. The van der Waals surface area contributed by atoms with Crippen molar-refractivity contribution in [2.24, 2.45) is 0 Å². The zero-order chi connectivity index (χ0) is 6.85. The molecule has 0 aliphatic carbocycles. The lowest BCUT2D eigenvalue weighted by Gasteiger charge is -2.04. The maximum atomic E-state index is 10.6. The van der Waals surface area contributed by atoms with Crippen molar-refractivity contribution >= 4 is 34.2 Å². The van der Waals surface area contributed by atoms with Crippen LogP contribution in [0.4, 0.5) is 0 Å². The molecule has 0 N–H and O–H groups in total. The molecule has 0 aliphatic heterocycles. The Hall–Kier alpha value is 0.0400. The second-order valence-electron chi connectivity index (χ2n) is 1.58. The van der Waals surface area contributed by atoms with E-state index in [0.717, 1.165) is 3.57 Å². The first-order chi connectivity index (χ1) is 4.20. The second kappa shape index (κ2) is 2.75. The van der Waals surface area contributed by atoms with Crippen molar-refractivity contribution in [1.29, 1.82) is 0 Å². The summed E-state index contributed by atoms with van der Waals surface area (Å²) in [7, 11) is 0. The van der Waals surface area contributed by atoms with Gasteiger partial charge < -0.3 is 5.11 Å². The quantitative estimate of drug-likeness (QED) is 0.649. The molecule has 1 aromatic carbocycles. The van der Waals surface area contributed by atoms with Crippen molar-refractivity contribution in [2.45, 2.75) is 0 Å². The van der Waals surface area contributed by atoms with E-state index in [9.17, 15) is 5.11 Å². The van der Waals surface area contributed by atoms with Crippen LogP contribution >= 0.6 is 34.2 Å². The van der Waals surface area contributed by atoms with Gasteiger partial charge in [0.15, 0.2) is 0 Å². The van der Waals surface area contributed by atoms with Gasteiger partial charge in [0.2, 0.25) is 0 Å². The summed E-state index contributed by atoms with van der Waals surface area (Å²) >= 11 is 7.65. The van der Waals surface area contributed by atoms with Gasteiger partial charge in [-0.3, -0.25) is 0 Å². The van der Waals surface area contributed by atoms with E-state index in [0.29, 0.717) is 5.02 Å². The molecular weight excluding hydrogens is 250 g/mol. The third kappa shape index (κ3) is 1.72. The molecule has 0 spiro atoms. The number of rotatable bonds is 0. The molecule has 0 aromatic heterocycles. The van der Waals surface area contributed by atoms with Crippen LogP contribution in [0.15, 0.2) is 18.2 Å². The van der Waals surface area contributed by atoms with Crippen LogP contribution in [0, 0.1) is 3.57 Å². The lowest BCUT2D eigenvalue weighted by Crippen LogP contribution is -1.88. The van der Waals surface area contributed by atoms with E-state index in [2.05, 4.69) is 0 Å². The molecule has 0 saturated carbocycles. The fourth-order valence-corrected chi connectivity index (χ4v) is 1.08. The van der Waals surface area contributed by atoms with Crippen molar-refractivity contribution < 1.29 is 5.11 Å². The van der Waals surface area contributed by atoms with Crippen LogP contribution in [-0.4, -0.2) is 0 Å². The molecule has 0 atom stereocenters. The number of halogens is 2. The Morgan fingerprint density at radius 2 is 2.11 bits per heavy atom. The highest BCUT2D eigenvalue weighted by molar-refractivity contribution is 14.1. The van der Waals surface area contributed by atoms with Crippen LogP contribution in [0.25, 0.3) is 0 Å². The first-order valence-corrected chi connectivity index (χ1v) is 3.78. The largest absolute Gasteiger partial charge is 0.872 e. The molecule has 3 heteroatoms. The first kappa shape index (κ1) is 7.15. The van der Waals surface area contributed by atoms with E-state index in [1.807, 2.05) is 22.6 Å². The van der Waals surface area contributed by atoms with E-state index >= 15 is 0 Å². The van der Waals surface area contributed by atoms with Crippen LogP contribution in [0.5, 0.6) is 5.75 Å². The summed E-state index contributed by atoms with van der Waals surface area (Å²) in [5, 5.41) is 11.2. The average Bonchev–Trinajstić information content (AvgIpc) is 1.80. The van der Waals surface area contributed by atoms with Crippen molar-refractivity contribution in [2.75, 3.05) is 0 Å². The molecule has 0 saturated heterocycles. The molecule has 1 aromatic rings. The second-order valence-corrected chi connectivity index (χ2v) is 3.15. The van der Waals surface area contributed by atoms with Gasteiger partial charge in [-0.25, -0.2) is 0 Å². The minimum absolute atomic E-state index is 0.00352. The van der Waals surface area contributed by atoms with E-state index in [1.54, 1.807) is 6.07 Å². The molecule has 1 rings (SSSR count). The summed E-state index contributed by atoms with van der Waals surface area (Å²) < 4.78 is 0.807. The average molecular weight is 253 g/mol. The minimum Gasteiger partial charge on any atom is -0.872 e. The molecule has 0 bridgehead atoms. The van der Waals surface area contributed by atoms with Crippen LogP contribution in [0.2, 0.25) is 5.02 Å². The molecule has 0 fully saturated rings. The predicted molar refractivity (Wildman–Crippen MR) is 43.6 cm³/mol. The van der Waals surface area contributed by atoms with Crippen molar-refractivity contribution in [3.8, 4) is 5.75 Å². The lowest BCUT2D eigenvalue weighted by molar-refractivity contribution is -0.268. The molecular formula is C6H3ClIO-. The Balaban J connectivity index is 3.17. The van der Waals surface area contributed by atoms with Crippen molar-refractivity contribution in [3.63, 3.8) is 0 Å². The van der Waals surface area contributed by atoms with Gasteiger partial charge in [-0.2, -0.15) is 0 Å². The van der Waals surface area contributed by atoms with Crippen LogP contribution in [0.1, 0.15) is 0 Å². The van der Waals surface area contributed by atoms with Crippen LogP contribution < -0.4 is 5.11 Å². The molecule has 0 radical (unpaired) electrons. The summed E-state index contributed by atoms with van der Waals surface area (Å²) in [5.74, 6) is 0.00352. The number of hydrogen-bond acceptors (Lipinski definition) is 1. The normalized spacial score (nSPS) is 9.56. The minimum atomic E-state index is 0.00352. The Kier molecular flexibility index (Phi) is 2.18. The van der Waals surface area contributed by atoms with Gasteiger partial charge in [0.25, 0.3) is 0 Å². The van der Waals surface area contributed by atoms with Gasteiger partial charge in [-0.05, 0) is 28.7 Å². The monoisotopic (exact) mass is 253 g/mol. The van der Waals surface area contributed by atoms with E-state index < -0.39 is 0 Å². The summed E-state index contributed by atoms with van der Waals surface area (Å²) in [4.78, 5) is 0. The highest BCUT2D eigenvalue weighted by atomic mass is 127. The van der Waals surface area contributed by atoms with Gasteiger partial charge in [0.05, 0.1) is 5.02 Å². The molecule has 0 aliphatic rings. The van der Waals surface area contributed by atoms with Gasteiger partial charge in [-0.1, -0.05) is 23.7 Å². The molecule has 1 nitrogen and oxygen atoms in total. The third-order valence-corrected chi connectivity index (χ3v) is 2.43. The first-order valence-electron chi connectivity index (χ1n) is 2.32. The Bertz CT molecular complexity index is 224. The molecule has 9 heavy (non-hydrogen) atoms. The van der Waals surface area contributed by atoms with Crippen molar-refractivity contribution in [1.82, 2.24) is 0 Å². The van der Waals surface area contributed by atoms with E-state index in [-0.39, 0.29) is 5.75 Å².